The number of rotatable bonds is 9. The first-order chi connectivity index (χ1) is 18.7. The number of fused-ring (bicyclic) bond motifs is 1. The average molecular weight is 548 g/mol. The predicted molar refractivity (Wildman–Crippen MR) is 150 cm³/mol. The van der Waals surface area contributed by atoms with Gasteiger partial charge in [-0.15, -0.1) is 4.91 Å². The lowest BCUT2D eigenvalue weighted by atomic mass is 10.1. The van der Waals surface area contributed by atoms with Crippen LogP contribution in [0.25, 0.3) is 0 Å². The van der Waals surface area contributed by atoms with Gasteiger partial charge in [-0.1, -0.05) is 18.9 Å². The molecule has 1 aliphatic heterocycles. The number of amides is 2. The van der Waals surface area contributed by atoms with Crippen LogP contribution in [-0.2, 0) is 17.9 Å². The van der Waals surface area contributed by atoms with Crippen molar-refractivity contribution in [2.24, 2.45) is 11.1 Å². The van der Waals surface area contributed by atoms with Crippen LogP contribution in [0.1, 0.15) is 60.2 Å². The van der Waals surface area contributed by atoms with E-state index in [1.54, 1.807) is 17.0 Å². The highest BCUT2D eigenvalue weighted by atomic mass is 32.1. The largest absolute Gasteiger partial charge is 0.492 e. The molecule has 11 nitrogen and oxygen atoms in total. The van der Waals surface area contributed by atoms with Crippen LogP contribution < -0.4 is 16.0 Å². The summed E-state index contributed by atoms with van der Waals surface area (Å²) in [4.78, 5) is 38.0. The number of aromatic nitrogens is 1. The lowest BCUT2D eigenvalue weighted by Gasteiger charge is -2.17. The summed E-state index contributed by atoms with van der Waals surface area (Å²) in [5.74, 6) is -0.00557. The standard InChI is InChI=1S/C27H29N7O4S/c1-14(9-16-3-4-16)29-24(28)23-25(36)33-39-26(23)31-20-7-8-21(22(11-20)32-38)27(37)34-12-17-5-6-19(30-15(2)35)10-18(17)13-34/h5-8,10-11,14,16,31H,3-4,9,12-13H2,1-2H3,(H2,28,29)(H,30,35)(H,33,36). The smallest absolute Gasteiger partial charge is 0.256 e. The molecule has 1 atom stereocenters. The van der Waals surface area contributed by atoms with Crippen LogP contribution in [0.4, 0.5) is 22.1 Å². The number of hydrogen-bond donors (Lipinski definition) is 5. The summed E-state index contributed by atoms with van der Waals surface area (Å²) < 4.78 is 3.98. The summed E-state index contributed by atoms with van der Waals surface area (Å²) in [7, 11) is 0. The molecule has 39 heavy (non-hydrogen) atoms. The molecule has 5 rings (SSSR count). The number of nitrogens with one attached hydrogen (secondary N) is 4. The summed E-state index contributed by atoms with van der Waals surface area (Å²) in [6.07, 6.45) is 3.40. The Bertz CT molecular complexity index is 1470. The summed E-state index contributed by atoms with van der Waals surface area (Å²) >= 11 is 0.993. The maximum atomic E-state index is 13.3. The number of anilines is 3. The Kier molecular flexibility index (Phi) is 7.29. The number of nitroso groups, excluding NO2 is 1. The second kappa shape index (κ2) is 10.8. The van der Waals surface area contributed by atoms with E-state index in [1.165, 1.54) is 31.9 Å². The molecule has 2 heterocycles. The van der Waals surface area contributed by atoms with Crippen molar-refractivity contribution in [1.29, 1.82) is 5.41 Å². The maximum Gasteiger partial charge on any atom is 0.256 e. The molecule has 2 amide bonds. The van der Waals surface area contributed by atoms with Crippen molar-refractivity contribution in [1.82, 2.24) is 14.6 Å². The van der Waals surface area contributed by atoms with Gasteiger partial charge in [0.05, 0.1) is 5.56 Å². The van der Waals surface area contributed by atoms with E-state index in [9.17, 15) is 19.6 Å². The number of aromatic hydroxyl groups is 1. The molecule has 1 aromatic heterocycles. The van der Waals surface area contributed by atoms with Crippen molar-refractivity contribution >= 4 is 51.2 Å². The predicted octanol–water partition coefficient (Wildman–Crippen LogP) is 5.21. The second-order valence-electron chi connectivity index (χ2n) is 10.1. The van der Waals surface area contributed by atoms with Crippen molar-refractivity contribution in [2.75, 3.05) is 10.6 Å². The van der Waals surface area contributed by atoms with Gasteiger partial charge in [0.15, 0.2) is 0 Å². The molecule has 0 bridgehead atoms. The normalized spacial score (nSPS) is 14.9. The fourth-order valence-electron chi connectivity index (χ4n) is 4.81. The molecule has 5 N–H and O–H groups in total. The van der Waals surface area contributed by atoms with Crippen molar-refractivity contribution in [3.8, 4) is 5.88 Å². The summed E-state index contributed by atoms with van der Waals surface area (Å²) in [6.45, 7) is 4.17. The lowest BCUT2D eigenvalue weighted by Crippen LogP contribution is -2.33. The zero-order valence-corrected chi connectivity index (χ0v) is 22.4. The fraction of sp³-hybridized carbons (Fsp3) is 0.333. The van der Waals surface area contributed by atoms with Gasteiger partial charge in [-0.05, 0) is 77.4 Å². The molecule has 2 aliphatic rings. The third-order valence-electron chi connectivity index (χ3n) is 6.82. The molecule has 202 valence electrons. The molecule has 12 heteroatoms. The van der Waals surface area contributed by atoms with E-state index in [0.29, 0.717) is 35.4 Å². The first kappa shape index (κ1) is 26.3. The van der Waals surface area contributed by atoms with Crippen LogP contribution in [0.15, 0.2) is 41.6 Å². The van der Waals surface area contributed by atoms with Gasteiger partial charge in [0.1, 0.15) is 22.1 Å². The molecule has 0 spiro atoms. The van der Waals surface area contributed by atoms with E-state index < -0.39 is 0 Å². The zero-order valence-electron chi connectivity index (χ0n) is 21.6. The topological polar surface area (TPSA) is 160 Å². The second-order valence-corrected chi connectivity index (χ2v) is 10.9. The molecular weight excluding hydrogens is 518 g/mol. The number of hydrogen-bond acceptors (Lipinski definition) is 9. The zero-order chi connectivity index (χ0) is 27.7. The van der Waals surface area contributed by atoms with Crippen molar-refractivity contribution in [3.05, 3.63) is 63.6 Å². The van der Waals surface area contributed by atoms with Gasteiger partial charge in [0, 0.05) is 37.4 Å². The third-order valence-corrected chi connectivity index (χ3v) is 7.57. The molecule has 1 saturated carbocycles. The summed E-state index contributed by atoms with van der Waals surface area (Å²) in [6, 6.07) is 10.2. The highest BCUT2D eigenvalue weighted by Crippen LogP contribution is 2.36. The van der Waals surface area contributed by atoms with Gasteiger partial charge in [-0.2, -0.15) is 4.37 Å². The average Bonchev–Trinajstić information content (AvgIpc) is 3.47. The van der Waals surface area contributed by atoms with Gasteiger partial charge in [-0.25, -0.2) is 0 Å². The highest BCUT2D eigenvalue weighted by Gasteiger charge is 2.28. The van der Waals surface area contributed by atoms with Gasteiger partial charge in [0.25, 0.3) is 5.91 Å². The summed E-state index contributed by atoms with van der Waals surface area (Å²) in [5, 5.41) is 31.3. The third kappa shape index (κ3) is 5.90. The number of carbonyl (C=O) groups is 2. The van der Waals surface area contributed by atoms with Crippen molar-refractivity contribution in [3.63, 3.8) is 0 Å². The van der Waals surface area contributed by atoms with Gasteiger partial charge >= 0.3 is 0 Å². The quantitative estimate of drug-likeness (QED) is 0.140. The monoisotopic (exact) mass is 547 g/mol. The molecule has 0 radical (unpaired) electrons. The van der Waals surface area contributed by atoms with Crippen LogP contribution in [-0.4, -0.2) is 38.1 Å². The van der Waals surface area contributed by atoms with E-state index in [0.717, 1.165) is 29.1 Å². The van der Waals surface area contributed by atoms with Gasteiger partial charge < -0.3 is 26.0 Å². The van der Waals surface area contributed by atoms with Gasteiger partial charge in [-0.3, -0.25) is 15.0 Å². The Labute approximate surface area is 229 Å². The SMILES string of the molecule is CC(=O)Nc1ccc2c(c1)CN(C(=O)c1ccc(Nc3snc(O)c3C(=N)NC(C)CC3CC3)cc1N=O)C2. The van der Waals surface area contributed by atoms with Crippen molar-refractivity contribution in [2.45, 2.75) is 52.2 Å². The minimum Gasteiger partial charge on any atom is -0.492 e. The molecule has 0 saturated heterocycles. The van der Waals surface area contributed by atoms with E-state index in [2.05, 4.69) is 25.5 Å². The number of amidine groups is 1. The van der Waals surface area contributed by atoms with Crippen LogP contribution in [0.3, 0.4) is 0 Å². The van der Waals surface area contributed by atoms with Gasteiger partial charge in [0.2, 0.25) is 11.8 Å². The van der Waals surface area contributed by atoms with Crippen molar-refractivity contribution < 1.29 is 14.7 Å². The molecule has 1 fully saturated rings. The van der Waals surface area contributed by atoms with E-state index in [-0.39, 0.29) is 46.4 Å². The highest BCUT2D eigenvalue weighted by molar-refractivity contribution is 7.11. The van der Waals surface area contributed by atoms with Crippen LogP contribution in [0.5, 0.6) is 5.88 Å². The first-order valence-corrected chi connectivity index (χ1v) is 13.5. The Balaban J connectivity index is 1.30. The number of nitrogens with zero attached hydrogens (tertiary/aromatic N) is 3. The summed E-state index contributed by atoms with van der Waals surface area (Å²) in [5.41, 5.74) is 3.41. The minimum absolute atomic E-state index is 0.0264. The minimum atomic E-state index is -0.333. The Morgan fingerprint density at radius 1 is 1.18 bits per heavy atom. The van der Waals surface area contributed by atoms with E-state index in [1.807, 2.05) is 19.1 Å². The molecular formula is C27H29N7O4S. The van der Waals surface area contributed by atoms with Crippen LogP contribution >= 0.6 is 11.5 Å². The van der Waals surface area contributed by atoms with Crippen LogP contribution in [0, 0.1) is 16.2 Å². The lowest BCUT2D eigenvalue weighted by molar-refractivity contribution is -0.114. The van der Waals surface area contributed by atoms with E-state index >= 15 is 0 Å². The van der Waals surface area contributed by atoms with E-state index in [4.69, 9.17) is 5.41 Å². The number of carbonyl (C=O) groups excluding carboxylic acids is 2. The Morgan fingerprint density at radius 3 is 2.64 bits per heavy atom. The fourth-order valence-corrected chi connectivity index (χ4v) is 5.53. The number of benzene rings is 2. The molecule has 2 aromatic carbocycles. The van der Waals surface area contributed by atoms with Crippen LogP contribution in [0.2, 0.25) is 0 Å². The Morgan fingerprint density at radius 2 is 1.92 bits per heavy atom. The first-order valence-electron chi connectivity index (χ1n) is 12.7. The molecule has 3 aromatic rings. The maximum absolute atomic E-state index is 13.3. The molecule has 1 aliphatic carbocycles. The molecule has 1 unspecified atom stereocenters. The Hall–Kier alpha value is -4.32.